The van der Waals surface area contributed by atoms with Crippen molar-refractivity contribution in [1.29, 1.82) is 0 Å². The molecule has 0 bridgehead atoms. The third kappa shape index (κ3) is 5.60. The minimum absolute atomic E-state index is 0.150. The second-order valence-corrected chi connectivity index (χ2v) is 6.99. The van der Waals surface area contributed by atoms with E-state index < -0.39 is 49.0 Å². The summed E-state index contributed by atoms with van der Waals surface area (Å²) in [5, 5.41) is 0. The number of benzene rings is 1. The molecule has 0 fully saturated rings. The molecule has 28 heavy (non-hydrogen) atoms. The zero-order valence-electron chi connectivity index (χ0n) is 15.1. The minimum Gasteiger partial charge on any atom is -0.494 e. The van der Waals surface area contributed by atoms with E-state index in [1.54, 1.807) is 20.8 Å². The highest BCUT2D eigenvalue weighted by Gasteiger charge is 2.81. The smallest absolute Gasteiger partial charge is 0.460 e. The second kappa shape index (κ2) is 7.90. The molecule has 0 amide bonds. The van der Waals surface area contributed by atoms with Crippen LogP contribution in [0, 0.1) is 0 Å². The highest BCUT2D eigenvalue weighted by molar-refractivity contribution is 5.31. The Hall–Kier alpha value is -1.81. The minimum atomic E-state index is -6.87. The Balaban J connectivity index is 2.63. The van der Waals surface area contributed by atoms with E-state index in [0.717, 1.165) is 0 Å². The van der Waals surface area contributed by atoms with Gasteiger partial charge in [-0.05, 0) is 51.5 Å². The molecule has 0 saturated carbocycles. The number of ether oxygens (including phenoxy) is 2. The van der Waals surface area contributed by atoms with Crippen LogP contribution < -0.4 is 9.47 Å². The van der Waals surface area contributed by atoms with Crippen molar-refractivity contribution in [2.24, 2.45) is 0 Å². The van der Waals surface area contributed by atoms with Crippen molar-refractivity contribution in [3.63, 3.8) is 0 Å². The molecule has 0 aliphatic carbocycles. The normalized spacial score (nSPS) is 14.1. The molecule has 0 aromatic heterocycles. The van der Waals surface area contributed by atoms with Crippen molar-refractivity contribution in [2.75, 3.05) is 6.61 Å². The van der Waals surface area contributed by atoms with Gasteiger partial charge < -0.3 is 9.47 Å². The zero-order chi connectivity index (χ0) is 22.0. The monoisotopic (exact) mass is 426 g/mol. The predicted octanol–water partition coefficient (Wildman–Crippen LogP) is 6.49. The van der Waals surface area contributed by atoms with Crippen LogP contribution >= 0.6 is 0 Å². The number of hydrogen-bond acceptors (Lipinski definition) is 2. The molecule has 0 unspecified atom stereocenters. The van der Waals surface area contributed by atoms with Crippen LogP contribution in [0.5, 0.6) is 11.5 Å². The van der Waals surface area contributed by atoms with Crippen LogP contribution in [0.4, 0.5) is 39.5 Å². The summed E-state index contributed by atoms with van der Waals surface area (Å²) in [5.74, 6) is -18.4. The Morgan fingerprint density at radius 1 is 0.714 bits per heavy atom. The summed E-state index contributed by atoms with van der Waals surface area (Å²) in [6.07, 6.45) is -9.61. The average Bonchev–Trinajstić information content (AvgIpc) is 2.50. The summed E-state index contributed by atoms with van der Waals surface area (Å²) in [4.78, 5) is 0. The van der Waals surface area contributed by atoms with Gasteiger partial charge >= 0.3 is 23.9 Å². The van der Waals surface area contributed by atoms with Crippen LogP contribution in [0.3, 0.4) is 0 Å². The van der Waals surface area contributed by atoms with Crippen LogP contribution in [0.15, 0.2) is 24.3 Å². The largest absolute Gasteiger partial charge is 0.494 e. The van der Waals surface area contributed by atoms with Crippen molar-refractivity contribution in [3.8, 4) is 11.5 Å². The topological polar surface area (TPSA) is 18.5 Å². The SMILES string of the molecule is CC(C)(C)Oc1ccc(OCCCC(F)(F)C(F)(F)C(F)(F)C(F)(F)F)cc1. The van der Waals surface area contributed by atoms with Crippen molar-refractivity contribution < 1.29 is 49.0 Å². The van der Waals surface area contributed by atoms with Crippen molar-refractivity contribution in [3.05, 3.63) is 24.3 Å². The molecular weight excluding hydrogens is 407 g/mol. The molecule has 162 valence electrons. The van der Waals surface area contributed by atoms with Crippen molar-refractivity contribution in [1.82, 2.24) is 0 Å². The number of alkyl halides is 9. The number of rotatable bonds is 8. The quantitative estimate of drug-likeness (QED) is 0.349. The van der Waals surface area contributed by atoms with E-state index in [9.17, 15) is 39.5 Å². The first-order valence-corrected chi connectivity index (χ1v) is 8.03. The maximum Gasteiger partial charge on any atom is 0.460 e. The van der Waals surface area contributed by atoms with Gasteiger partial charge in [0.1, 0.15) is 17.1 Å². The van der Waals surface area contributed by atoms with Crippen LogP contribution in [0.25, 0.3) is 0 Å². The van der Waals surface area contributed by atoms with E-state index in [1.165, 1.54) is 24.3 Å². The van der Waals surface area contributed by atoms with Crippen molar-refractivity contribution >= 4 is 0 Å². The fourth-order valence-corrected chi connectivity index (χ4v) is 2.01. The highest BCUT2D eigenvalue weighted by Crippen LogP contribution is 2.54. The highest BCUT2D eigenvalue weighted by atomic mass is 19.4. The predicted molar refractivity (Wildman–Crippen MR) is 82.4 cm³/mol. The molecule has 0 radical (unpaired) electrons. The third-order valence-electron chi connectivity index (χ3n) is 3.36. The first kappa shape index (κ1) is 24.2. The molecule has 0 N–H and O–H groups in total. The van der Waals surface area contributed by atoms with E-state index in [4.69, 9.17) is 9.47 Å². The van der Waals surface area contributed by atoms with E-state index in [-0.39, 0.29) is 5.75 Å². The standard InChI is InChI=1S/C17H19F9O2/c1-13(2,3)28-12-7-5-11(6-8-12)27-10-4-9-14(18,19)15(20,21)16(22,23)17(24,25)26/h5-8H,4,9-10H2,1-3H3. The maximum atomic E-state index is 13.4. The first-order chi connectivity index (χ1) is 12.4. The third-order valence-corrected chi connectivity index (χ3v) is 3.36. The van der Waals surface area contributed by atoms with Gasteiger partial charge in [0.05, 0.1) is 6.61 Å². The summed E-state index contributed by atoms with van der Waals surface area (Å²) >= 11 is 0. The molecule has 1 rings (SSSR count). The molecular formula is C17H19F9O2. The molecule has 0 saturated heterocycles. The Labute approximate surface area is 155 Å². The van der Waals surface area contributed by atoms with E-state index in [1.807, 2.05) is 0 Å². The number of halogens is 9. The fraction of sp³-hybridized carbons (Fsp3) is 0.647. The Kier molecular flexibility index (Phi) is 6.84. The van der Waals surface area contributed by atoms with Gasteiger partial charge in [0.25, 0.3) is 0 Å². The van der Waals surface area contributed by atoms with Gasteiger partial charge in [-0.1, -0.05) is 0 Å². The second-order valence-electron chi connectivity index (χ2n) is 6.99. The van der Waals surface area contributed by atoms with Crippen LogP contribution in [0.1, 0.15) is 33.6 Å². The Morgan fingerprint density at radius 2 is 1.18 bits per heavy atom. The van der Waals surface area contributed by atoms with E-state index in [2.05, 4.69) is 0 Å². The van der Waals surface area contributed by atoms with Crippen molar-refractivity contribution in [2.45, 2.75) is 63.2 Å². The lowest BCUT2D eigenvalue weighted by molar-refractivity contribution is -0.396. The van der Waals surface area contributed by atoms with Gasteiger partial charge in [0.2, 0.25) is 0 Å². The summed E-state index contributed by atoms with van der Waals surface area (Å²) in [6, 6.07) is 5.78. The lowest BCUT2D eigenvalue weighted by Gasteiger charge is -2.33. The van der Waals surface area contributed by atoms with Gasteiger partial charge in [-0.25, -0.2) is 0 Å². The molecule has 0 heterocycles. The summed E-state index contributed by atoms with van der Waals surface area (Å²) < 4.78 is 125. The summed E-state index contributed by atoms with van der Waals surface area (Å²) in [5.41, 5.74) is -0.475. The molecule has 0 aliphatic rings. The molecule has 1 aromatic carbocycles. The van der Waals surface area contributed by atoms with Gasteiger partial charge in [-0.3, -0.25) is 0 Å². The lowest BCUT2D eigenvalue weighted by Crippen LogP contribution is -2.60. The van der Waals surface area contributed by atoms with Gasteiger partial charge in [0.15, 0.2) is 0 Å². The molecule has 1 aromatic rings. The molecule has 0 spiro atoms. The summed E-state index contributed by atoms with van der Waals surface area (Å²) in [6.45, 7) is 4.81. The maximum absolute atomic E-state index is 13.4. The fourth-order valence-electron chi connectivity index (χ4n) is 2.01. The zero-order valence-corrected chi connectivity index (χ0v) is 15.1. The number of hydrogen-bond donors (Lipinski definition) is 0. The van der Waals surface area contributed by atoms with Crippen LogP contribution in [-0.2, 0) is 0 Å². The van der Waals surface area contributed by atoms with Gasteiger partial charge in [0, 0.05) is 6.42 Å². The van der Waals surface area contributed by atoms with Crippen LogP contribution in [-0.4, -0.2) is 36.2 Å². The lowest BCUT2D eigenvalue weighted by atomic mass is 10.00. The van der Waals surface area contributed by atoms with Crippen LogP contribution in [0.2, 0.25) is 0 Å². The van der Waals surface area contributed by atoms with Gasteiger partial charge in [-0.15, -0.1) is 0 Å². The first-order valence-electron chi connectivity index (χ1n) is 8.03. The summed E-state index contributed by atoms with van der Waals surface area (Å²) in [7, 11) is 0. The molecule has 11 heteroatoms. The molecule has 2 nitrogen and oxygen atoms in total. The average molecular weight is 426 g/mol. The Morgan fingerprint density at radius 3 is 1.61 bits per heavy atom. The van der Waals surface area contributed by atoms with E-state index in [0.29, 0.717) is 5.75 Å². The molecule has 0 aliphatic heterocycles. The van der Waals surface area contributed by atoms with Gasteiger partial charge in [-0.2, -0.15) is 39.5 Å². The molecule has 0 atom stereocenters. The van der Waals surface area contributed by atoms with E-state index >= 15 is 0 Å². The Bertz CT molecular complexity index is 632.